The lowest BCUT2D eigenvalue weighted by atomic mass is 9.92. The minimum absolute atomic E-state index is 0.0106. The Hall–Kier alpha value is -2.83. The Balaban J connectivity index is 2.07. The SMILES string of the molecule is C=C(C)COc1ccc(C2(C)NC(=O)N(CCC(=O)NC(C)C)C2=O)cc1. The number of hydrogen-bond donors (Lipinski definition) is 2. The predicted octanol–water partition coefficient (Wildman–Crippen LogP) is 2.32. The summed E-state index contributed by atoms with van der Waals surface area (Å²) in [6.07, 6.45) is 0.0705. The number of carbonyl (C=O) groups is 3. The van der Waals surface area contributed by atoms with Crippen LogP contribution in [0, 0.1) is 0 Å². The number of urea groups is 1. The molecule has 1 aromatic carbocycles. The van der Waals surface area contributed by atoms with Gasteiger partial charge in [0.05, 0.1) is 0 Å². The van der Waals surface area contributed by atoms with Crippen molar-refractivity contribution in [3.05, 3.63) is 42.0 Å². The first-order chi connectivity index (χ1) is 12.6. The van der Waals surface area contributed by atoms with Crippen LogP contribution in [0.2, 0.25) is 0 Å². The highest BCUT2D eigenvalue weighted by Crippen LogP contribution is 2.30. The molecule has 0 aromatic heterocycles. The topological polar surface area (TPSA) is 87.7 Å². The minimum Gasteiger partial charge on any atom is -0.489 e. The zero-order valence-electron chi connectivity index (χ0n) is 16.3. The van der Waals surface area contributed by atoms with Crippen molar-refractivity contribution in [2.24, 2.45) is 0 Å². The third-order valence-electron chi connectivity index (χ3n) is 4.20. The lowest BCUT2D eigenvalue weighted by Gasteiger charge is -2.22. The van der Waals surface area contributed by atoms with Gasteiger partial charge in [-0.05, 0) is 51.0 Å². The minimum atomic E-state index is -1.17. The van der Waals surface area contributed by atoms with E-state index in [-0.39, 0.29) is 30.8 Å². The average molecular weight is 373 g/mol. The van der Waals surface area contributed by atoms with Crippen LogP contribution in [0.25, 0.3) is 0 Å². The Kier molecular flexibility index (Phi) is 6.25. The number of amides is 4. The molecule has 146 valence electrons. The van der Waals surface area contributed by atoms with Gasteiger partial charge in [-0.1, -0.05) is 18.7 Å². The van der Waals surface area contributed by atoms with Crippen LogP contribution in [0.5, 0.6) is 5.75 Å². The summed E-state index contributed by atoms with van der Waals surface area (Å²) in [4.78, 5) is 38.0. The predicted molar refractivity (Wildman–Crippen MR) is 102 cm³/mol. The molecule has 7 nitrogen and oxygen atoms in total. The van der Waals surface area contributed by atoms with E-state index < -0.39 is 11.6 Å². The summed E-state index contributed by atoms with van der Waals surface area (Å²) < 4.78 is 5.56. The highest BCUT2D eigenvalue weighted by Gasteiger charge is 2.48. The van der Waals surface area contributed by atoms with E-state index in [9.17, 15) is 14.4 Å². The molecule has 1 fully saturated rings. The molecule has 1 aliphatic rings. The summed E-state index contributed by atoms with van der Waals surface area (Å²) in [5, 5.41) is 5.48. The third-order valence-corrected chi connectivity index (χ3v) is 4.20. The number of carbonyl (C=O) groups excluding carboxylic acids is 3. The van der Waals surface area contributed by atoms with E-state index in [4.69, 9.17) is 4.74 Å². The van der Waals surface area contributed by atoms with Crippen molar-refractivity contribution in [3.63, 3.8) is 0 Å². The maximum absolute atomic E-state index is 12.8. The molecule has 1 saturated heterocycles. The molecule has 0 radical (unpaired) electrons. The maximum Gasteiger partial charge on any atom is 0.325 e. The summed E-state index contributed by atoms with van der Waals surface area (Å²) in [5.74, 6) is 0.0861. The van der Waals surface area contributed by atoms with Gasteiger partial charge >= 0.3 is 6.03 Å². The van der Waals surface area contributed by atoms with E-state index in [1.807, 2.05) is 20.8 Å². The first kappa shape index (κ1) is 20.5. The molecule has 4 amide bonds. The molecule has 0 spiro atoms. The first-order valence-electron chi connectivity index (χ1n) is 8.94. The van der Waals surface area contributed by atoms with E-state index in [0.29, 0.717) is 17.9 Å². The van der Waals surface area contributed by atoms with E-state index in [1.54, 1.807) is 31.2 Å². The van der Waals surface area contributed by atoms with Gasteiger partial charge in [0.25, 0.3) is 5.91 Å². The molecule has 2 rings (SSSR count). The van der Waals surface area contributed by atoms with Crippen LogP contribution >= 0.6 is 0 Å². The summed E-state index contributed by atoms with van der Waals surface area (Å²) in [5.41, 5.74) is 0.387. The molecule has 1 atom stereocenters. The van der Waals surface area contributed by atoms with E-state index >= 15 is 0 Å². The molecule has 1 unspecified atom stereocenters. The van der Waals surface area contributed by atoms with E-state index in [0.717, 1.165) is 10.5 Å². The van der Waals surface area contributed by atoms with Crippen molar-refractivity contribution in [1.29, 1.82) is 0 Å². The van der Waals surface area contributed by atoms with Gasteiger partial charge in [-0.15, -0.1) is 0 Å². The fourth-order valence-electron chi connectivity index (χ4n) is 2.79. The van der Waals surface area contributed by atoms with Crippen molar-refractivity contribution in [3.8, 4) is 5.75 Å². The molecular formula is C20H27N3O4. The highest BCUT2D eigenvalue weighted by molar-refractivity contribution is 6.07. The fourth-order valence-corrected chi connectivity index (χ4v) is 2.79. The van der Waals surface area contributed by atoms with Gasteiger partial charge in [0.15, 0.2) is 0 Å². The average Bonchev–Trinajstić information content (AvgIpc) is 2.81. The Labute approximate surface area is 159 Å². The van der Waals surface area contributed by atoms with Crippen molar-refractivity contribution < 1.29 is 19.1 Å². The summed E-state index contributed by atoms with van der Waals surface area (Å²) in [7, 11) is 0. The van der Waals surface area contributed by atoms with Crippen molar-refractivity contribution >= 4 is 17.8 Å². The molecule has 7 heteroatoms. The second-order valence-corrected chi connectivity index (χ2v) is 7.25. The quantitative estimate of drug-likeness (QED) is 0.541. The number of imide groups is 1. The molecule has 1 heterocycles. The first-order valence-corrected chi connectivity index (χ1v) is 8.94. The van der Waals surface area contributed by atoms with Crippen molar-refractivity contribution in [2.45, 2.75) is 45.7 Å². The molecule has 0 aliphatic carbocycles. The fraction of sp³-hybridized carbons (Fsp3) is 0.450. The maximum atomic E-state index is 12.8. The molecular weight excluding hydrogens is 346 g/mol. The van der Waals surface area contributed by atoms with Gasteiger partial charge in [-0.25, -0.2) is 4.79 Å². The van der Waals surface area contributed by atoms with Crippen LogP contribution in [-0.4, -0.2) is 41.9 Å². The van der Waals surface area contributed by atoms with Gasteiger partial charge in [-0.2, -0.15) is 0 Å². The number of rotatable bonds is 8. The Morgan fingerprint density at radius 3 is 2.48 bits per heavy atom. The van der Waals surface area contributed by atoms with Crippen LogP contribution < -0.4 is 15.4 Å². The third kappa shape index (κ3) is 4.87. The Bertz CT molecular complexity index is 742. The summed E-state index contributed by atoms with van der Waals surface area (Å²) in [6, 6.07) is 6.52. The van der Waals surface area contributed by atoms with Crippen molar-refractivity contribution in [2.75, 3.05) is 13.2 Å². The van der Waals surface area contributed by atoms with E-state index in [2.05, 4.69) is 17.2 Å². The molecule has 0 saturated carbocycles. The number of ether oxygens (including phenoxy) is 1. The highest BCUT2D eigenvalue weighted by atomic mass is 16.5. The van der Waals surface area contributed by atoms with Gasteiger partial charge in [0.2, 0.25) is 5.91 Å². The van der Waals surface area contributed by atoms with Crippen LogP contribution in [0.15, 0.2) is 36.4 Å². The van der Waals surface area contributed by atoms with Crippen LogP contribution in [-0.2, 0) is 15.1 Å². The Morgan fingerprint density at radius 1 is 1.30 bits per heavy atom. The van der Waals surface area contributed by atoms with Crippen LogP contribution in [0.1, 0.15) is 39.7 Å². The smallest absolute Gasteiger partial charge is 0.325 e. The lowest BCUT2D eigenvalue weighted by Crippen LogP contribution is -2.41. The van der Waals surface area contributed by atoms with Crippen LogP contribution in [0.4, 0.5) is 4.79 Å². The number of benzene rings is 1. The number of hydrogen-bond acceptors (Lipinski definition) is 4. The second kappa shape index (κ2) is 8.24. The van der Waals surface area contributed by atoms with Gasteiger partial charge in [0.1, 0.15) is 17.9 Å². The molecule has 0 bridgehead atoms. The van der Waals surface area contributed by atoms with Crippen LogP contribution in [0.3, 0.4) is 0 Å². The monoisotopic (exact) mass is 373 g/mol. The molecule has 2 N–H and O–H groups in total. The zero-order valence-corrected chi connectivity index (χ0v) is 16.3. The molecule has 27 heavy (non-hydrogen) atoms. The number of nitrogens with one attached hydrogen (secondary N) is 2. The summed E-state index contributed by atoms with van der Waals surface area (Å²) in [6.45, 7) is 11.5. The van der Waals surface area contributed by atoms with E-state index in [1.165, 1.54) is 0 Å². The van der Waals surface area contributed by atoms with Gasteiger partial charge < -0.3 is 15.4 Å². The second-order valence-electron chi connectivity index (χ2n) is 7.25. The summed E-state index contributed by atoms with van der Waals surface area (Å²) >= 11 is 0. The Morgan fingerprint density at radius 2 is 1.93 bits per heavy atom. The lowest BCUT2D eigenvalue weighted by molar-refractivity contribution is -0.131. The zero-order chi connectivity index (χ0) is 20.2. The van der Waals surface area contributed by atoms with Gasteiger partial charge in [-0.3, -0.25) is 14.5 Å². The molecule has 1 aromatic rings. The van der Waals surface area contributed by atoms with Gasteiger partial charge in [0, 0.05) is 19.0 Å². The van der Waals surface area contributed by atoms with Crippen molar-refractivity contribution in [1.82, 2.24) is 15.5 Å². The normalized spacial score (nSPS) is 19.2. The number of nitrogens with zero attached hydrogens (tertiary/aromatic N) is 1. The molecule has 1 aliphatic heterocycles. The largest absolute Gasteiger partial charge is 0.489 e. The standard InChI is InChI=1S/C20H27N3O4/c1-13(2)12-27-16-8-6-15(7-9-16)20(5)18(25)23(19(26)22-20)11-10-17(24)21-14(3)4/h6-9,14H,1,10-12H2,2-5H3,(H,21,24)(H,22,26).